The maximum Gasteiger partial charge on any atom is 0.0607 e. The summed E-state index contributed by atoms with van der Waals surface area (Å²) in [6.07, 6.45) is 1.18. The van der Waals surface area contributed by atoms with Crippen molar-refractivity contribution in [1.29, 1.82) is 0 Å². The highest BCUT2D eigenvalue weighted by Crippen LogP contribution is 2.31. The van der Waals surface area contributed by atoms with Crippen LogP contribution in [0.4, 0.5) is 11.4 Å². The molecule has 1 aliphatic rings. The number of rotatable bonds is 4. The number of anilines is 2. The largest absolute Gasteiger partial charge is 0.376 e. The molecule has 1 N–H and O–H groups in total. The zero-order chi connectivity index (χ0) is 14.7. The molecule has 0 bridgehead atoms. The quantitative estimate of drug-likeness (QED) is 0.911. The molecule has 0 saturated carbocycles. The van der Waals surface area contributed by atoms with E-state index in [1.807, 2.05) is 0 Å². The lowest BCUT2D eigenvalue weighted by Crippen LogP contribution is -2.58. The fourth-order valence-corrected chi connectivity index (χ4v) is 3.01. The van der Waals surface area contributed by atoms with E-state index in [4.69, 9.17) is 0 Å². The molecule has 3 nitrogen and oxygen atoms in total. The smallest absolute Gasteiger partial charge is 0.0607 e. The Morgan fingerprint density at radius 1 is 1.30 bits per heavy atom. The van der Waals surface area contributed by atoms with Crippen molar-refractivity contribution in [2.24, 2.45) is 5.92 Å². The average Bonchev–Trinajstić information content (AvgIpc) is 2.46. The standard InChI is InChI=1S/C17H29N3/c1-6-14-11-18-15(13(2)3)12-20(14)17-10-8-7-9-16(17)19(4)5/h7-10,13-15,18H,6,11-12H2,1-5H3. The van der Waals surface area contributed by atoms with Crippen LogP contribution < -0.4 is 15.1 Å². The molecular weight excluding hydrogens is 246 g/mol. The Bertz CT molecular complexity index is 428. The summed E-state index contributed by atoms with van der Waals surface area (Å²) in [7, 11) is 4.25. The van der Waals surface area contributed by atoms with Gasteiger partial charge in [0.1, 0.15) is 0 Å². The summed E-state index contributed by atoms with van der Waals surface area (Å²) in [5.74, 6) is 0.668. The molecule has 0 radical (unpaired) electrons. The van der Waals surface area contributed by atoms with Crippen molar-refractivity contribution in [3.05, 3.63) is 24.3 Å². The maximum atomic E-state index is 3.71. The zero-order valence-electron chi connectivity index (χ0n) is 13.6. The van der Waals surface area contributed by atoms with Crippen LogP contribution in [-0.2, 0) is 0 Å². The molecule has 1 heterocycles. The van der Waals surface area contributed by atoms with Gasteiger partial charge in [0.25, 0.3) is 0 Å². The SMILES string of the molecule is CCC1CNC(C(C)C)CN1c1ccccc1N(C)C. The van der Waals surface area contributed by atoms with Crippen molar-refractivity contribution < 1.29 is 0 Å². The highest BCUT2D eigenvalue weighted by atomic mass is 15.3. The van der Waals surface area contributed by atoms with Gasteiger partial charge in [0.15, 0.2) is 0 Å². The minimum Gasteiger partial charge on any atom is -0.376 e. The van der Waals surface area contributed by atoms with Crippen LogP contribution in [0.15, 0.2) is 24.3 Å². The molecule has 2 atom stereocenters. The van der Waals surface area contributed by atoms with Crippen LogP contribution in [0.5, 0.6) is 0 Å². The number of hydrogen-bond donors (Lipinski definition) is 1. The topological polar surface area (TPSA) is 18.5 Å². The second-order valence-electron chi connectivity index (χ2n) is 6.36. The first-order valence-electron chi connectivity index (χ1n) is 7.81. The van der Waals surface area contributed by atoms with E-state index in [0.717, 1.165) is 13.1 Å². The molecule has 1 aliphatic heterocycles. The van der Waals surface area contributed by atoms with Crippen molar-refractivity contribution in [1.82, 2.24) is 5.32 Å². The molecule has 1 aromatic carbocycles. The summed E-state index contributed by atoms with van der Waals surface area (Å²) in [4.78, 5) is 4.82. The maximum absolute atomic E-state index is 3.71. The van der Waals surface area contributed by atoms with Gasteiger partial charge in [-0.05, 0) is 24.5 Å². The normalized spacial score (nSPS) is 23.2. The van der Waals surface area contributed by atoms with Gasteiger partial charge in [0, 0.05) is 39.3 Å². The van der Waals surface area contributed by atoms with Crippen molar-refractivity contribution in [3.63, 3.8) is 0 Å². The van der Waals surface area contributed by atoms with Gasteiger partial charge in [0.05, 0.1) is 11.4 Å². The minimum absolute atomic E-state index is 0.577. The van der Waals surface area contributed by atoms with Gasteiger partial charge in [0.2, 0.25) is 0 Å². The number of hydrogen-bond acceptors (Lipinski definition) is 3. The fourth-order valence-electron chi connectivity index (χ4n) is 3.01. The van der Waals surface area contributed by atoms with Crippen molar-refractivity contribution in [2.45, 2.75) is 39.3 Å². The Labute approximate surface area is 124 Å². The van der Waals surface area contributed by atoms with Crippen molar-refractivity contribution in [2.75, 3.05) is 37.0 Å². The summed E-state index contributed by atoms with van der Waals surface area (Å²) in [5, 5.41) is 3.71. The Hall–Kier alpha value is -1.22. The van der Waals surface area contributed by atoms with Crippen molar-refractivity contribution in [3.8, 4) is 0 Å². The van der Waals surface area contributed by atoms with Crippen LogP contribution in [0, 0.1) is 5.92 Å². The van der Waals surface area contributed by atoms with Gasteiger partial charge in [-0.25, -0.2) is 0 Å². The number of para-hydroxylation sites is 2. The number of piperazine rings is 1. The predicted octanol–water partition coefficient (Wildman–Crippen LogP) is 2.97. The summed E-state index contributed by atoms with van der Waals surface area (Å²) >= 11 is 0. The lowest BCUT2D eigenvalue weighted by atomic mass is 9.97. The predicted molar refractivity (Wildman–Crippen MR) is 88.8 cm³/mol. The molecule has 2 rings (SSSR count). The van der Waals surface area contributed by atoms with E-state index in [9.17, 15) is 0 Å². The summed E-state index contributed by atoms with van der Waals surface area (Å²) in [6.45, 7) is 9.08. The van der Waals surface area contributed by atoms with Crippen LogP contribution in [0.1, 0.15) is 27.2 Å². The molecule has 0 spiro atoms. The molecule has 112 valence electrons. The first-order valence-corrected chi connectivity index (χ1v) is 7.81. The lowest BCUT2D eigenvalue weighted by molar-refractivity contribution is 0.325. The Morgan fingerprint density at radius 3 is 2.60 bits per heavy atom. The van der Waals surface area contributed by atoms with Crippen LogP contribution >= 0.6 is 0 Å². The average molecular weight is 275 g/mol. The van der Waals surface area contributed by atoms with Gasteiger partial charge in [-0.2, -0.15) is 0 Å². The first-order chi connectivity index (χ1) is 9.54. The van der Waals surface area contributed by atoms with E-state index in [1.165, 1.54) is 17.8 Å². The second kappa shape index (κ2) is 6.49. The third-order valence-corrected chi connectivity index (χ3v) is 4.40. The molecule has 20 heavy (non-hydrogen) atoms. The summed E-state index contributed by atoms with van der Waals surface area (Å²) in [6, 6.07) is 9.93. The molecule has 0 amide bonds. The van der Waals surface area contributed by atoms with Gasteiger partial charge in [-0.15, -0.1) is 0 Å². The Kier molecular flexibility index (Phi) is 4.92. The molecule has 3 heteroatoms. The molecule has 0 aromatic heterocycles. The van der Waals surface area contributed by atoms with E-state index in [0.29, 0.717) is 18.0 Å². The zero-order valence-corrected chi connectivity index (χ0v) is 13.6. The number of nitrogens with zero attached hydrogens (tertiary/aromatic N) is 2. The van der Waals surface area contributed by atoms with E-state index >= 15 is 0 Å². The Morgan fingerprint density at radius 2 is 2.00 bits per heavy atom. The molecule has 2 unspecified atom stereocenters. The van der Waals surface area contributed by atoms with Crippen LogP contribution in [0.3, 0.4) is 0 Å². The third kappa shape index (κ3) is 3.09. The van der Waals surface area contributed by atoms with Gasteiger partial charge >= 0.3 is 0 Å². The van der Waals surface area contributed by atoms with Gasteiger partial charge in [-0.3, -0.25) is 0 Å². The van der Waals surface area contributed by atoms with E-state index in [2.05, 4.69) is 74.2 Å². The monoisotopic (exact) mass is 275 g/mol. The molecule has 0 aliphatic carbocycles. The minimum atomic E-state index is 0.577. The van der Waals surface area contributed by atoms with Crippen molar-refractivity contribution >= 4 is 11.4 Å². The van der Waals surface area contributed by atoms with E-state index < -0.39 is 0 Å². The molecular formula is C17H29N3. The van der Waals surface area contributed by atoms with E-state index in [-0.39, 0.29) is 0 Å². The molecule has 1 saturated heterocycles. The highest BCUT2D eigenvalue weighted by Gasteiger charge is 2.29. The van der Waals surface area contributed by atoms with Gasteiger partial charge < -0.3 is 15.1 Å². The second-order valence-corrected chi connectivity index (χ2v) is 6.36. The van der Waals surface area contributed by atoms with E-state index in [1.54, 1.807) is 0 Å². The van der Waals surface area contributed by atoms with Crippen LogP contribution in [0.25, 0.3) is 0 Å². The molecule has 1 fully saturated rings. The Balaban J connectivity index is 2.31. The third-order valence-electron chi connectivity index (χ3n) is 4.40. The highest BCUT2D eigenvalue weighted by molar-refractivity contribution is 5.71. The fraction of sp³-hybridized carbons (Fsp3) is 0.647. The first kappa shape index (κ1) is 15.2. The van der Waals surface area contributed by atoms with Gasteiger partial charge in [-0.1, -0.05) is 32.9 Å². The number of nitrogens with one attached hydrogen (secondary N) is 1. The lowest BCUT2D eigenvalue weighted by Gasteiger charge is -2.44. The summed E-state index contributed by atoms with van der Waals surface area (Å²) < 4.78 is 0. The molecule has 1 aromatic rings. The van der Waals surface area contributed by atoms with Crippen LogP contribution in [0.2, 0.25) is 0 Å². The van der Waals surface area contributed by atoms with Crippen LogP contribution in [-0.4, -0.2) is 39.3 Å². The summed E-state index contributed by atoms with van der Waals surface area (Å²) in [5.41, 5.74) is 2.69. The number of benzene rings is 1.